The molecular weight excluding hydrogens is 446 g/mol. The predicted octanol–water partition coefficient (Wildman–Crippen LogP) is 1.92. The summed E-state index contributed by atoms with van der Waals surface area (Å²) < 4.78 is 34.6. The molecule has 168 valence electrons. The molecule has 13 heteroatoms. The van der Waals surface area contributed by atoms with Crippen LogP contribution in [0.2, 0.25) is 0 Å². The molecule has 0 bridgehead atoms. The smallest absolute Gasteiger partial charge is 0.238 e. The summed E-state index contributed by atoms with van der Waals surface area (Å²) in [6.45, 7) is 1.99. The van der Waals surface area contributed by atoms with Gasteiger partial charge in [-0.3, -0.25) is 4.72 Å². The monoisotopic (exact) mass is 465 g/mol. The van der Waals surface area contributed by atoms with Crippen LogP contribution in [0.4, 0.5) is 5.69 Å². The molecule has 0 radical (unpaired) electrons. The van der Waals surface area contributed by atoms with E-state index in [-0.39, 0.29) is 17.6 Å². The van der Waals surface area contributed by atoms with Crippen molar-refractivity contribution >= 4 is 32.7 Å². The lowest BCUT2D eigenvalue weighted by atomic mass is 10.1. The van der Waals surface area contributed by atoms with Gasteiger partial charge in [0.1, 0.15) is 11.3 Å². The van der Waals surface area contributed by atoms with Gasteiger partial charge in [0.2, 0.25) is 21.6 Å². The number of nitrogens with one attached hydrogen (secondary N) is 1. The molecule has 1 unspecified atom stereocenters. The van der Waals surface area contributed by atoms with Crippen molar-refractivity contribution in [1.29, 1.82) is 0 Å². The number of hydrogen-bond acceptors (Lipinski definition) is 9. The van der Waals surface area contributed by atoms with E-state index in [2.05, 4.69) is 30.0 Å². The molecule has 0 amide bonds. The van der Waals surface area contributed by atoms with Crippen LogP contribution < -0.4 is 9.46 Å². The summed E-state index contributed by atoms with van der Waals surface area (Å²) in [5, 5.41) is 8.40. The quantitative estimate of drug-likeness (QED) is 0.398. The average Bonchev–Trinajstić information content (AvgIpc) is 3.43. The van der Waals surface area contributed by atoms with Crippen LogP contribution in [0.5, 0.6) is 5.88 Å². The summed E-state index contributed by atoms with van der Waals surface area (Å²) in [6, 6.07) is 5.32. The van der Waals surface area contributed by atoms with E-state index < -0.39 is 10.0 Å². The predicted molar refractivity (Wildman–Crippen MR) is 120 cm³/mol. The lowest BCUT2D eigenvalue weighted by Crippen LogP contribution is -2.11. The summed E-state index contributed by atoms with van der Waals surface area (Å²) in [6.07, 6.45) is 9.72. The van der Waals surface area contributed by atoms with Crippen molar-refractivity contribution in [3.05, 3.63) is 54.7 Å². The van der Waals surface area contributed by atoms with Crippen LogP contribution in [0.15, 0.2) is 49.2 Å². The first-order chi connectivity index (χ1) is 15.8. The maximum absolute atomic E-state index is 11.7. The largest absolute Gasteiger partial charge is 0.480 e. The van der Waals surface area contributed by atoms with E-state index in [1.807, 2.05) is 35.9 Å². The van der Waals surface area contributed by atoms with Gasteiger partial charge in [-0.15, -0.1) is 5.10 Å². The first kappa shape index (κ1) is 20.8. The van der Waals surface area contributed by atoms with E-state index in [1.54, 1.807) is 16.9 Å². The number of ether oxygens (including phenoxy) is 1. The number of aromatic nitrogens is 8. The number of sulfonamides is 1. The van der Waals surface area contributed by atoms with Crippen molar-refractivity contribution in [1.82, 2.24) is 39.3 Å². The Bertz CT molecular complexity index is 1590. The van der Waals surface area contributed by atoms with Gasteiger partial charge in [-0.05, 0) is 24.6 Å². The minimum absolute atomic E-state index is 0.147. The van der Waals surface area contributed by atoms with E-state index in [0.29, 0.717) is 22.6 Å². The molecule has 1 N–H and O–H groups in total. The second-order valence-electron chi connectivity index (χ2n) is 7.42. The summed E-state index contributed by atoms with van der Waals surface area (Å²) in [5.74, 6) is 0.147. The van der Waals surface area contributed by atoms with Gasteiger partial charge in [0, 0.05) is 30.4 Å². The van der Waals surface area contributed by atoms with Crippen molar-refractivity contribution in [2.45, 2.75) is 13.0 Å². The zero-order valence-corrected chi connectivity index (χ0v) is 18.7. The van der Waals surface area contributed by atoms with Crippen LogP contribution in [0, 0.1) is 0 Å². The van der Waals surface area contributed by atoms with Crippen LogP contribution in [0.1, 0.15) is 18.5 Å². The average molecular weight is 465 g/mol. The molecule has 0 saturated heterocycles. The highest BCUT2D eigenvalue weighted by Crippen LogP contribution is 2.29. The number of methoxy groups -OCH3 is 1. The molecule has 0 spiro atoms. The fourth-order valence-electron chi connectivity index (χ4n) is 3.48. The van der Waals surface area contributed by atoms with Gasteiger partial charge in [0.25, 0.3) is 0 Å². The molecule has 0 saturated carbocycles. The van der Waals surface area contributed by atoms with E-state index in [9.17, 15) is 8.42 Å². The van der Waals surface area contributed by atoms with Gasteiger partial charge in [-0.25, -0.2) is 33.0 Å². The van der Waals surface area contributed by atoms with Gasteiger partial charge in [-0.2, -0.15) is 0 Å². The van der Waals surface area contributed by atoms with Crippen molar-refractivity contribution in [3.8, 4) is 17.1 Å². The number of rotatable bonds is 6. The number of pyridine rings is 2. The minimum atomic E-state index is -3.53. The molecular formula is C20H19N9O3S. The van der Waals surface area contributed by atoms with Crippen molar-refractivity contribution < 1.29 is 13.2 Å². The molecule has 5 rings (SSSR count). The molecule has 12 nitrogen and oxygen atoms in total. The normalized spacial score (nSPS) is 12.8. The second kappa shape index (κ2) is 7.78. The molecule has 0 aromatic carbocycles. The molecule has 0 aliphatic rings. The van der Waals surface area contributed by atoms with Crippen molar-refractivity contribution in [2.24, 2.45) is 0 Å². The second-order valence-corrected chi connectivity index (χ2v) is 9.17. The van der Waals surface area contributed by atoms with Crippen LogP contribution in [0.25, 0.3) is 28.2 Å². The first-order valence-electron chi connectivity index (χ1n) is 9.85. The van der Waals surface area contributed by atoms with Crippen LogP contribution in [-0.4, -0.2) is 61.1 Å². The Hall–Kier alpha value is -4.13. The molecule has 5 heterocycles. The number of nitrogens with zero attached hydrogens (tertiary/aromatic N) is 8. The number of fused-ring (bicyclic) bond motifs is 2. The summed E-state index contributed by atoms with van der Waals surface area (Å²) in [5.41, 5.74) is 3.95. The highest BCUT2D eigenvalue weighted by molar-refractivity contribution is 7.92. The Morgan fingerprint density at radius 3 is 2.79 bits per heavy atom. The molecule has 0 aliphatic heterocycles. The summed E-state index contributed by atoms with van der Waals surface area (Å²) >= 11 is 0. The summed E-state index contributed by atoms with van der Waals surface area (Å²) in [4.78, 5) is 17.5. The molecule has 33 heavy (non-hydrogen) atoms. The van der Waals surface area contributed by atoms with Crippen LogP contribution >= 0.6 is 0 Å². The number of anilines is 1. The first-order valence-corrected chi connectivity index (χ1v) is 11.7. The Morgan fingerprint density at radius 1 is 1.15 bits per heavy atom. The topological polar surface area (TPSA) is 142 Å². The van der Waals surface area contributed by atoms with Crippen LogP contribution in [0.3, 0.4) is 0 Å². The van der Waals surface area contributed by atoms with Crippen molar-refractivity contribution in [2.75, 3.05) is 18.1 Å². The van der Waals surface area contributed by atoms with Gasteiger partial charge >= 0.3 is 0 Å². The number of imidazole rings is 1. The molecule has 5 aromatic heterocycles. The number of hydrogen-bond donors (Lipinski definition) is 1. The Morgan fingerprint density at radius 2 is 2.00 bits per heavy atom. The van der Waals surface area contributed by atoms with Crippen molar-refractivity contribution in [3.63, 3.8) is 0 Å². The molecule has 5 aromatic rings. The highest BCUT2D eigenvalue weighted by atomic mass is 32.2. The molecule has 0 fully saturated rings. The van der Waals surface area contributed by atoms with Gasteiger partial charge < -0.3 is 9.14 Å². The standard InChI is InChI=1S/C20H19N9O3S/c1-12(13-4-5-17-21-6-7-28(17)11-13)29-19-18(25-27-29)22-10-16(24-19)14-8-15(26-33(3,30)31)20(32-2)23-9-14/h4-12,26H,1-3H3. The minimum Gasteiger partial charge on any atom is -0.480 e. The van der Waals surface area contributed by atoms with E-state index >= 15 is 0 Å². The fraction of sp³-hybridized carbons (Fsp3) is 0.200. The third kappa shape index (κ3) is 3.93. The van der Waals surface area contributed by atoms with E-state index in [1.165, 1.54) is 19.5 Å². The Balaban J connectivity index is 1.56. The SMILES string of the molecule is COc1ncc(-c2cnc3nnn(C(C)c4ccc5nccn5c4)c3n2)cc1NS(C)(=O)=O. The van der Waals surface area contributed by atoms with E-state index in [4.69, 9.17) is 9.72 Å². The zero-order valence-electron chi connectivity index (χ0n) is 17.9. The third-order valence-electron chi connectivity index (χ3n) is 5.08. The summed E-state index contributed by atoms with van der Waals surface area (Å²) in [7, 11) is -2.12. The van der Waals surface area contributed by atoms with E-state index in [0.717, 1.165) is 17.5 Å². The highest BCUT2D eigenvalue weighted by Gasteiger charge is 2.18. The maximum Gasteiger partial charge on any atom is 0.238 e. The fourth-order valence-corrected chi connectivity index (χ4v) is 4.03. The maximum atomic E-state index is 11.7. The third-order valence-corrected chi connectivity index (χ3v) is 5.68. The molecule has 0 aliphatic carbocycles. The lowest BCUT2D eigenvalue weighted by molar-refractivity contribution is 0.400. The lowest BCUT2D eigenvalue weighted by Gasteiger charge is -2.13. The van der Waals surface area contributed by atoms with Gasteiger partial charge in [0.15, 0.2) is 5.65 Å². The van der Waals surface area contributed by atoms with Crippen LogP contribution in [-0.2, 0) is 10.0 Å². The van der Waals surface area contributed by atoms with Gasteiger partial charge in [-0.1, -0.05) is 11.3 Å². The molecule has 1 atom stereocenters. The zero-order chi connectivity index (χ0) is 23.2. The Labute approximate surface area is 188 Å². The Kier molecular flexibility index (Phi) is 4.89. The van der Waals surface area contributed by atoms with Gasteiger partial charge in [0.05, 0.1) is 31.3 Å².